The Kier molecular flexibility index (Phi) is 7.03. The summed E-state index contributed by atoms with van der Waals surface area (Å²) in [5.41, 5.74) is 1.64. The average Bonchev–Trinajstić information content (AvgIpc) is 2.88. The molecule has 0 aromatic heterocycles. The molecule has 0 bridgehead atoms. The van der Waals surface area contributed by atoms with Gasteiger partial charge >= 0.3 is 0 Å². The number of ether oxygens (including phenoxy) is 2. The van der Waals surface area contributed by atoms with E-state index < -0.39 is 15.9 Å². The highest BCUT2D eigenvalue weighted by molar-refractivity contribution is 7.93. The summed E-state index contributed by atoms with van der Waals surface area (Å²) < 4.78 is 40.2. The number of carbonyl (C=O) groups excluding carboxylic acids is 1. The minimum atomic E-state index is -4.02. The summed E-state index contributed by atoms with van der Waals surface area (Å²) in [4.78, 5) is 15.2. The summed E-state index contributed by atoms with van der Waals surface area (Å²) >= 11 is 0. The van der Waals surface area contributed by atoms with Gasteiger partial charge in [0.15, 0.2) is 0 Å². The molecule has 1 amide bonds. The molecule has 4 aromatic rings. The minimum absolute atomic E-state index is 0.121. The molecule has 0 aliphatic carbocycles. The van der Waals surface area contributed by atoms with Crippen LogP contribution < -0.4 is 24.4 Å². The van der Waals surface area contributed by atoms with Crippen molar-refractivity contribution >= 4 is 43.8 Å². The molecule has 2 N–H and O–H groups in total. The molecule has 0 aliphatic heterocycles. The Bertz CT molecular complexity index is 1530. The number of hydrogen-bond acceptors (Lipinski definition) is 6. The van der Waals surface area contributed by atoms with Crippen LogP contribution in [0.4, 0.5) is 17.1 Å². The van der Waals surface area contributed by atoms with Crippen molar-refractivity contribution in [2.24, 2.45) is 0 Å². The lowest BCUT2D eigenvalue weighted by Gasteiger charge is -2.18. The van der Waals surface area contributed by atoms with Crippen molar-refractivity contribution in [2.45, 2.75) is 4.90 Å². The quantitative estimate of drug-likeness (QED) is 0.351. The second-order valence-electron chi connectivity index (χ2n) is 8.19. The van der Waals surface area contributed by atoms with Crippen molar-refractivity contribution in [1.82, 2.24) is 0 Å². The Morgan fingerprint density at radius 1 is 0.806 bits per heavy atom. The molecule has 0 heterocycles. The van der Waals surface area contributed by atoms with Crippen LogP contribution in [0, 0.1) is 0 Å². The molecule has 0 fully saturated rings. The van der Waals surface area contributed by atoms with Crippen molar-refractivity contribution in [2.75, 3.05) is 43.3 Å². The number of methoxy groups -OCH3 is 2. The van der Waals surface area contributed by atoms with E-state index >= 15 is 0 Å². The number of carbonyl (C=O) groups is 1. The van der Waals surface area contributed by atoms with E-state index in [0.717, 1.165) is 11.1 Å². The van der Waals surface area contributed by atoms with Gasteiger partial charge in [0.05, 0.1) is 36.1 Å². The van der Waals surface area contributed by atoms with E-state index in [4.69, 9.17) is 9.47 Å². The Morgan fingerprint density at radius 2 is 1.53 bits per heavy atom. The van der Waals surface area contributed by atoms with E-state index in [0.29, 0.717) is 22.6 Å². The van der Waals surface area contributed by atoms with Crippen LogP contribution in [0.1, 0.15) is 10.4 Å². The second-order valence-corrected chi connectivity index (χ2v) is 9.85. The topological polar surface area (TPSA) is 97.0 Å². The zero-order chi connectivity index (χ0) is 25.9. The maximum Gasteiger partial charge on any atom is 0.262 e. The summed E-state index contributed by atoms with van der Waals surface area (Å²) in [6.07, 6.45) is 0. The van der Waals surface area contributed by atoms with E-state index in [1.54, 1.807) is 60.7 Å². The third-order valence-corrected chi connectivity index (χ3v) is 7.13. The summed E-state index contributed by atoms with van der Waals surface area (Å²) in [7, 11) is 2.80. The summed E-state index contributed by atoms with van der Waals surface area (Å²) in [6.45, 7) is 0. The van der Waals surface area contributed by atoms with Gasteiger partial charge < -0.3 is 19.7 Å². The molecule has 186 valence electrons. The average molecular weight is 506 g/mol. The molecule has 0 aliphatic rings. The number of sulfonamides is 1. The van der Waals surface area contributed by atoms with Crippen molar-refractivity contribution in [1.29, 1.82) is 0 Å². The first kappa shape index (κ1) is 24.9. The first-order chi connectivity index (χ1) is 17.2. The number of para-hydroxylation sites is 1. The molecule has 0 saturated heterocycles. The number of fused-ring (bicyclic) bond motifs is 1. The van der Waals surface area contributed by atoms with E-state index in [2.05, 4.69) is 10.0 Å². The molecule has 0 saturated carbocycles. The third kappa shape index (κ3) is 4.92. The first-order valence-corrected chi connectivity index (χ1v) is 12.6. The number of anilines is 3. The van der Waals surface area contributed by atoms with Crippen LogP contribution in [0.15, 0.2) is 83.8 Å². The summed E-state index contributed by atoms with van der Waals surface area (Å²) in [6, 6.07) is 22.1. The molecule has 0 atom stereocenters. The van der Waals surface area contributed by atoms with Gasteiger partial charge in [-0.15, -0.1) is 0 Å². The number of benzene rings is 4. The zero-order valence-corrected chi connectivity index (χ0v) is 21.2. The highest BCUT2D eigenvalue weighted by Crippen LogP contribution is 2.33. The molecule has 4 rings (SSSR count). The fourth-order valence-electron chi connectivity index (χ4n) is 3.95. The molecule has 0 unspecified atom stereocenters. The highest BCUT2D eigenvalue weighted by atomic mass is 32.2. The number of nitrogens with one attached hydrogen (secondary N) is 2. The fraction of sp³-hybridized carbons (Fsp3) is 0.148. The van der Waals surface area contributed by atoms with E-state index in [-0.39, 0.29) is 16.1 Å². The second kappa shape index (κ2) is 10.2. The van der Waals surface area contributed by atoms with Gasteiger partial charge in [0.1, 0.15) is 11.5 Å². The van der Waals surface area contributed by atoms with Gasteiger partial charge in [0, 0.05) is 36.6 Å². The van der Waals surface area contributed by atoms with Gasteiger partial charge in [-0.1, -0.05) is 36.4 Å². The van der Waals surface area contributed by atoms with Crippen molar-refractivity contribution in [3.63, 3.8) is 0 Å². The summed E-state index contributed by atoms with van der Waals surface area (Å²) in [5, 5.41) is 4.18. The molecular weight excluding hydrogens is 478 g/mol. The normalized spacial score (nSPS) is 11.1. The molecule has 36 heavy (non-hydrogen) atoms. The molecular formula is C27H27N3O5S. The number of nitrogens with zero attached hydrogens (tertiary/aromatic N) is 1. The lowest BCUT2D eigenvalue weighted by atomic mass is 10.1. The van der Waals surface area contributed by atoms with Crippen LogP contribution in [0.5, 0.6) is 11.5 Å². The molecule has 9 heteroatoms. The number of hydrogen-bond donors (Lipinski definition) is 2. The van der Waals surface area contributed by atoms with Gasteiger partial charge in [-0.25, -0.2) is 8.42 Å². The van der Waals surface area contributed by atoms with Gasteiger partial charge in [-0.3, -0.25) is 9.52 Å². The van der Waals surface area contributed by atoms with Crippen LogP contribution in [0.3, 0.4) is 0 Å². The minimum Gasteiger partial charge on any atom is -0.497 e. The highest BCUT2D eigenvalue weighted by Gasteiger charge is 2.22. The van der Waals surface area contributed by atoms with E-state index in [1.807, 2.05) is 37.2 Å². The fourth-order valence-corrected chi connectivity index (χ4v) is 5.25. The maximum absolute atomic E-state index is 13.5. The largest absolute Gasteiger partial charge is 0.497 e. The molecule has 4 aromatic carbocycles. The Balaban J connectivity index is 1.69. The zero-order valence-electron chi connectivity index (χ0n) is 20.4. The molecule has 8 nitrogen and oxygen atoms in total. The lowest BCUT2D eigenvalue weighted by Crippen LogP contribution is -2.19. The van der Waals surface area contributed by atoms with Crippen molar-refractivity contribution < 1.29 is 22.7 Å². The van der Waals surface area contributed by atoms with Gasteiger partial charge in [-0.05, 0) is 36.4 Å². The van der Waals surface area contributed by atoms with Crippen molar-refractivity contribution in [3.05, 3.63) is 84.4 Å². The monoisotopic (exact) mass is 505 g/mol. The van der Waals surface area contributed by atoms with Crippen LogP contribution in [0.2, 0.25) is 0 Å². The van der Waals surface area contributed by atoms with Crippen LogP contribution >= 0.6 is 0 Å². The Hall–Kier alpha value is -4.24. The molecule has 0 spiro atoms. The third-order valence-electron chi connectivity index (χ3n) is 5.70. The van der Waals surface area contributed by atoms with Gasteiger partial charge in [0.25, 0.3) is 15.9 Å². The Morgan fingerprint density at radius 3 is 2.25 bits per heavy atom. The number of amides is 1. The van der Waals surface area contributed by atoms with Crippen molar-refractivity contribution in [3.8, 4) is 11.5 Å². The smallest absolute Gasteiger partial charge is 0.262 e. The van der Waals surface area contributed by atoms with Gasteiger partial charge in [-0.2, -0.15) is 0 Å². The SMILES string of the molecule is COc1ccc(NC(=O)c2ccccc2NS(=O)(=O)c2cccc3c(N(C)C)cccc23)c(OC)c1. The maximum atomic E-state index is 13.5. The standard InChI is InChI=1S/C27H27N3O5S/c1-30(2)24-13-7-11-20-19(24)10-8-14-26(20)36(32,33)29-22-12-6-5-9-21(22)27(31)28-23-16-15-18(34-3)17-25(23)35-4/h5-17,29H,1-4H3,(H,28,31). The first-order valence-electron chi connectivity index (χ1n) is 11.1. The van der Waals surface area contributed by atoms with Crippen LogP contribution in [0.25, 0.3) is 10.8 Å². The van der Waals surface area contributed by atoms with E-state index in [1.165, 1.54) is 14.2 Å². The number of rotatable bonds is 8. The van der Waals surface area contributed by atoms with E-state index in [9.17, 15) is 13.2 Å². The predicted octanol–water partition coefficient (Wildman–Crippen LogP) is 4.98. The Labute approximate surface area is 210 Å². The van der Waals surface area contributed by atoms with Crippen LogP contribution in [-0.2, 0) is 10.0 Å². The molecule has 0 radical (unpaired) electrons. The predicted molar refractivity (Wildman–Crippen MR) is 143 cm³/mol. The van der Waals surface area contributed by atoms with Crippen LogP contribution in [-0.4, -0.2) is 42.6 Å². The van der Waals surface area contributed by atoms with Gasteiger partial charge in [0.2, 0.25) is 0 Å². The lowest BCUT2D eigenvalue weighted by molar-refractivity contribution is 0.102. The summed E-state index contributed by atoms with van der Waals surface area (Å²) in [5.74, 6) is 0.489.